The molecule has 172 valence electrons. The maximum atomic E-state index is 13.0. The summed E-state index contributed by atoms with van der Waals surface area (Å²) in [6, 6.07) is 19.2. The van der Waals surface area contributed by atoms with Gasteiger partial charge in [-0.3, -0.25) is 14.6 Å². The van der Waals surface area contributed by atoms with Crippen LogP contribution in [-0.4, -0.2) is 61.6 Å². The molecule has 2 aliphatic rings. The van der Waals surface area contributed by atoms with Crippen LogP contribution in [0, 0.1) is 5.92 Å². The van der Waals surface area contributed by atoms with E-state index >= 15 is 0 Å². The van der Waals surface area contributed by atoms with Crippen LogP contribution in [0.3, 0.4) is 0 Å². The van der Waals surface area contributed by atoms with Crippen molar-refractivity contribution in [1.29, 1.82) is 0 Å². The number of carbonyl (C=O) groups excluding carboxylic acids is 2. The summed E-state index contributed by atoms with van der Waals surface area (Å²) < 4.78 is 0. The lowest BCUT2D eigenvalue weighted by atomic mass is 10.1. The van der Waals surface area contributed by atoms with Crippen molar-refractivity contribution in [2.24, 2.45) is 5.92 Å². The fourth-order valence-electron chi connectivity index (χ4n) is 4.61. The van der Waals surface area contributed by atoms with Gasteiger partial charge in [-0.2, -0.15) is 15.4 Å². The first-order valence-electron chi connectivity index (χ1n) is 11.4. The maximum absolute atomic E-state index is 13.0. The molecule has 2 amide bonds. The van der Waals surface area contributed by atoms with Crippen molar-refractivity contribution >= 4 is 28.9 Å². The van der Waals surface area contributed by atoms with Crippen molar-refractivity contribution < 1.29 is 9.59 Å². The van der Waals surface area contributed by atoms with Crippen LogP contribution in [0.25, 0.3) is 28.4 Å². The summed E-state index contributed by atoms with van der Waals surface area (Å²) in [6.07, 6.45) is 7.05. The van der Waals surface area contributed by atoms with Crippen LogP contribution in [0.2, 0.25) is 0 Å². The Balaban J connectivity index is 1.08. The summed E-state index contributed by atoms with van der Waals surface area (Å²) in [5, 5.41) is 10.6. The van der Waals surface area contributed by atoms with Gasteiger partial charge in [0.05, 0.1) is 5.69 Å². The lowest BCUT2D eigenvalue weighted by molar-refractivity contribution is -0.125. The Bertz CT molecular complexity index is 1470. The Labute approximate surface area is 201 Å². The third-order valence-corrected chi connectivity index (χ3v) is 6.49. The lowest BCUT2D eigenvalue weighted by Gasteiger charge is -2.19. The average Bonchev–Trinajstić information content (AvgIpc) is 3.62. The van der Waals surface area contributed by atoms with E-state index in [1.807, 2.05) is 53.6 Å². The molecular formula is C27H22N6O2. The van der Waals surface area contributed by atoms with Crippen LogP contribution in [-0.2, 0) is 4.79 Å². The quantitative estimate of drug-likeness (QED) is 0.468. The van der Waals surface area contributed by atoms with Crippen molar-refractivity contribution in [3.8, 4) is 11.3 Å². The van der Waals surface area contributed by atoms with Gasteiger partial charge in [-0.1, -0.05) is 36.4 Å². The molecule has 1 saturated heterocycles. The van der Waals surface area contributed by atoms with E-state index < -0.39 is 0 Å². The van der Waals surface area contributed by atoms with E-state index in [4.69, 9.17) is 0 Å². The Morgan fingerprint density at radius 3 is 2.63 bits per heavy atom. The minimum Gasteiger partial charge on any atom is -0.334 e. The lowest BCUT2D eigenvalue weighted by Crippen LogP contribution is -2.32. The normalized spacial score (nSPS) is 17.3. The van der Waals surface area contributed by atoms with Crippen molar-refractivity contribution in [3.63, 3.8) is 0 Å². The van der Waals surface area contributed by atoms with Gasteiger partial charge in [0.15, 0.2) is 0 Å². The molecule has 0 bridgehead atoms. The van der Waals surface area contributed by atoms with Crippen LogP contribution in [0.1, 0.15) is 15.9 Å². The number of carbonyl (C=O) groups is 2. The molecule has 4 heterocycles. The molecule has 2 aromatic heterocycles. The monoisotopic (exact) mass is 462 g/mol. The summed E-state index contributed by atoms with van der Waals surface area (Å²) in [5.41, 5.74) is 5.90. The van der Waals surface area contributed by atoms with Crippen LogP contribution in [0.15, 0.2) is 84.7 Å². The second-order valence-corrected chi connectivity index (χ2v) is 8.78. The van der Waals surface area contributed by atoms with Gasteiger partial charge in [0.2, 0.25) is 5.91 Å². The second-order valence-electron chi connectivity index (χ2n) is 8.78. The summed E-state index contributed by atoms with van der Waals surface area (Å²) in [4.78, 5) is 33.8. The average molecular weight is 463 g/mol. The van der Waals surface area contributed by atoms with Crippen LogP contribution >= 0.6 is 0 Å². The van der Waals surface area contributed by atoms with Gasteiger partial charge in [-0.05, 0) is 41.5 Å². The summed E-state index contributed by atoms with van der Waals surface area (Å²) in [5.74, 6) is 0.0572. The Hall–Kier alpha value is -4.59. The van der Waals surface area contributed by atoms with E-state index in [-0.39, 0.29) is 17.7 Å². The van der Waals surface area contributed by atoms with Crippen molar-refractivity contribution in [3.05, 3.63) is 95.8 Å². The number of fused-ring (bicyclic) bond motifs is 2. The third-order valence-electron chi connectivity index (χ3n) is 6.49. The molecule has 1 atom stereocenters. The number of nitrogens with one attached hydrogen (secondary N) is 1. The number of nitrogens with zero attached hydrogens (tertiary/aromatic N) is 5. The molecule has 8 heteroatoms. The predicted molar refractivity (Wildman–Crippen MR) is 132 cm³/mol. The van der Waals surface area contributed by atoms with E-state index in [9.17, 15) is 9.59 Å². The van der Waals surface area contributed by atoms with Crippen LogP contribution < -0.4 is 0 Å². The molecule has 0 spiro atoms. The summed E-state index contributed by atoms with van der Waals surface area (Å²) in [6.45, 7) is 1.71. The first kappa shape index (κ1) is 21.0. The minimum absolute atomic E-state index is 0.0400. The summed E-state index contributed by atoms with van der Waals surface area (Å²) >= 11 is 0. The van der Waals surface area contributed by atoms with Crippen LogP contribution in [0.4, 0.5) is 0 Å². The zero-order valence-corrected chi connectivity index (χ0v) is 18.8. The van der Waals surface area contributed by atoms with Crippen LogP contribution in [0.5, 0.6) is 0 Å². The van der Waals surface area contributed by atoms with E-state index in [0.29, 0.717) is 30.7 Å². The van der Waals surface area contributed by atoms with Gasteiger partial charge < -0.3 is 9.80 Å². The number of benzene rings is 2. The molecule has 8 nitrogen and oxygen atoms in total. The molecule has 0 aliphatic carbocycles. The largest absolute Gasteiger partial charge is 0.334 e. The van der Waals surface area contributed by atoms with Gasteiger partial charge in [0.25, 0.3) is 5.91 Å². The first-order valence-corrected chi connectivity index (χ1v) is 11.4. The maximum Gasteiger partial charge on any atom is 0.257 e. The highest BCUT2D eigenvalue weighted by Gasteiger charge is 2.36. The zero-order valence-electron chi connectivity index (χ0n) is 18.8. The zero-order chi connectivity index (χ0) is 23.8. The van der Waals surface area contributed by atoms with Crippen molar-refractivity contribution in [2.45, 2.75) is 0 Å². The number of likely N-dealkylation sites (tertiary alicyclic amines) is 1. The Morgan fingerprint density at radius 2 is 1.83 bits per heavy atom. The number of hydrogen-bond acceptors (Lipinski definition) is 5. The number of aromatic amines is 1. The highest BCUT2D eigenvalue weighted by atomic mass is 16.2. The second kappa shape index (κ2) is 8.64. The molecule has 0 radical (unpaired) electrons. The van der Waals surface area contributed by atoms with Crippen molar-refractivity contribution in [2.75, 3.05) is 19.6 Å². The molecule has 1 N–H and O–H groups in total. The predicted octanol–water partition coefficient (Wildman–Crippen LogP) is 3.53. The molecule has 1 fully saturated rings. The number of amides is 2. The molecule has 0 saturated carbocycles. The Kier molecular flexibility index (Phi) is 5.18. The highest BCUT2D eigenvalue weighted by molar-refractivity contribution is 5.98. The fourth-order valence-corrected chi connectivity index (χ4v) is 4.61. The highest BCUT2D eigenvalue weighted by Crippen LogP contribution is 2.31. The van der Waals surface area contributed by atoms with Gasteiger partial charge >= 0.3 is 0 Å². The van der Waals surface area contributed by atoms with Gasteiger partial charge in [-0.15, -0.1) is 0 Å². The SMILES string of the molecule is O=C(c1ccc2n[nH]nc2c1)N1C=C2CN(C(=O)/C=C/c3ccc(-c4ccccc4)nc3)C[C@@H]2C1. The van der Waals surface area contributed by atoms with E-state index in [1.54, 1.807) is 41.4 Å². The number of hydrogen-bond donors (Lipinski definition) is 1. The Morgan fingerprint density at radius 1 is 0.971 bits per heavy atom. The standard InChI is InChI=1S/C27H22N6O2/c34-26(11-7-18-6-9-23(28-13-18)19-4-2-1-3-5-19)32-14-21-16-33(17-22(21)15-32)27(35)20-8-10-24-25(12-20)30-31-29-24/h1-13,16,22H,14-15,17H2,(H,29,30,31)/b11-7+/t22-/m1/s1. The molecule has 4 aromatic rings. The number of H-pyrrole nitrogens is 1. The molecule has 2 aromatic carbocycles. The van der Waals surface area contributed by atoms with E-state index in [1.165, 1.54) is 0 Å². The molecule has 0 unspecified atom stereocenters. The number of rotatable bonds is 4. The molecular weight excluding hydrogens is 440 g/mol. The topological polar surface area (TPSA) is 95.1 Å². The number of aromatic nitrogens is 4. The van der Waals surface area contributed by atoms with E-state index in [2.05, 4.69) is 20.4 Å². The third kappa shape index (κ3) is 4.10. The number of pyridine rings is 1. The van der Waals surface area contributed by atoms with Gasteiger partial charge in [0.1, 0.15) is 11.0 Å². The van der Waals surface area contributed by atoms with Crippen molar-refractivity contribution in [1.82, 2.24) is 30.2 Å². The summed E-state index contributed by atoms with van der Waals surface area (Å²) in [7, 11) is 0. The first-order chi connectivity index (χ1) is 17.1. The van der Waals surface area contributed by atoms with Gasteiger partial charge in [0, 0.05) is 55.2 Å². The van der Waals surface area contributed by atoms with E-state index in [0.717, 1.165) is 27.9 Å². The minimum atomic E-state index is -0.0685. The smallest absolute Gasteiger partial charge is 0.257 e. The molecule has 6 rings (SSSR count). The van der Waals surface area contributed by atoms with Gasteiger partial charge in [-0.25, -0.2) is 0 Å². The molecule has 2 aliphatic heterocycles. The molecule has 35 heavy (non-hydrogen) atoms. The fraction of sp³-hybridized carbons (Fsp3) is 0.148.